The molecule has 0 saturated carbocycles. The highest BCUT2D eigenvalue weighted by molar-refractivity contribution is 5.92. The average molecular weight is 325 g/mol. The third-order valence-electron chi connectivity index (χ3n) is 3.45. The van der Waals surface area contributed by atoms with E-state index in [9.17, 15) is 9.18 Å². The van der Waals surface area contributed by atoms with Crippen LogP contribution in [0.2, 0.25) is 0 Å². The quantitative estimate of drug-likeness (QED) is 0.778. The Hall–Kier alpha value is -3.02. The summed E-state index contributed by atoms with van der Waals surface area (Å²) in [7, 11) is 0. The molecular formula is C18H16FN3O2. The number of anilines is 1. The molecule has 122 valence electrons. The van der Waals surface area contributed by atoms with Crippen molar-refractivity contribution in [1.82, 2.24) is 10.1 Å². The lowest BCUT2D eigenvalue weighted by Gasteiger charge is -2.06. The monoisotopic (exact) mass is 325 g/mol. The Morgan fingerprint density at radius 3 is 2.71 bits per heavy atom. The summed E-state index contributed by atoms with van der Waals surface area (Å²) < 4.78 is 18.0. The van der Waals surface area contributed by atoms with Crippen LogP contribution in [0.3, 0.4) is 0 Å². The van der Waals surface area contributed by atoms with Crippen LogP contribution in [0.15, 0.2) is 53.1 Å². The number of nitrogens with zero attached hydrogens (tertiary/aromatic N) is 2. The molecular weight excluding hydrogens is 309 g/mol. The first-order valence-corrected chi connectivity index (χ1v) is 7.61. The van der Waals surface area contributed by atoms with Crippen molar-refractivity contribution >= 4 is 11.6 Å². The van der Waals surface area contributed by atoms with E-state index in [1.54, 1.807) is 24.3 Å². The molecule has 0 aliphatic heterocycles. The number of rotatable bonds is 5. The number of nitrogens with one attached hydrogen (secondary N) is 1. The zero-order chi connectivity index (χ0) is 16.9. The fraction of sp³-hybridized carbons (Fsp3) is 0.167. The predicted molar refractivity (Wildman–Crippen MR) is 87.8 cm³/mol. The average Bonchev–Trinajstić information content (AvgIpc) is 3.06. The minimum absolute atomic E-state index is 0.173. The zero-order valence-corrected chi connectivity index (χ0v) is 13.1. The molecule has 0 atom stereocenters. The second kappa shape index (κ2) is 7.04. The highest BCUT2D eigenvalue weighted by Crippen LogP contribution is 2.20. The molecule has 1 aromatic heterocycles. The summed E-state index contributed by atoms with van der Waals surface area (Å²) in [5.41, 5.74) is 2.15. The number of hydrogen-bond acceptors (Lipinski definition) is 4. The molecule has 3 aromatic rings. The number of aryl methyl sites for hydroxylation is 1. The van der Waals surface area contributed by atoms with E-state index >= 15 is 0 Å². The van der Waals surface area contributed by atoms with E-state index in [0.717, 1.165) is 11.1 Å². The number of hydrogen-bond donors (Lipinski definition) is 1. The van der Waals surface area contributed by atoms with Gasteiger partial charge in [-0.25, -0.2) is 4.39 Å². The Morgan fingerprint density at radius 2 is 2.00 bits per heavy atom. The number of carbonyl (C=O) groups is 1. The van der Waals surface area contributed by atoms with Crippen molar-refractivity contribution in [2.75, 3.05) is 5.32 Å². The third kappa shape index (κ3) is 3.84. The molecule has 0 unspecified atom stereocenters. The van der Waals surface area contributed by atoms with Crippen molar-refractivity contribution in [3.05, 3.63) is 65.8 Å². The Balaban J connectivity index is 1.69. The van der Waals surface area contributed by atoms with E-state index in [1.807, 2.05) is 19.1 Å². The lowest BCUT2D eigenvalue weighted by Crippen LogP contribution is -2.14. The predicted octanol–water partition coefficient (Wildman–Crippen LogP) is 3.62. The number of aromatic nitrogens is 2. The molecule has 0 aliphatic carbocycles. The van der Waals surface area contributed by atoms with Crippen LogP contribution in [-0.2, 0) is 17.6 Å². The van der Waals surface area contributed by atoms with Gasteiger partial charge in [-0.15, -0.1) is 0 Å². The molecule has 0 radical (unpaired) electrons. The molecule has 0 bridgehead atoms. The molecule has 1 heterocycles. The van der Waals surface area contributed by atoms with E-state index in [2.05, 4.69) is 15.5 Å². The van der Waals surface area contributed by atoms with Crippen LogP contribution in [0, 0.1) is 5.82 Å². The van der Waals surface area contributed by atoms with Gasteiger partial charge in [0.25, 0.3) is 0 Å². The number of benzene rings is 2. The van der Waals surface area contributed by atoms with Crippen molar-refractivity contribution < 1.29 is 13.7 Å². The fourth-order valence-electron chi connectivity index (χ4n) is 2.24. The lowest BCUT2D eigenvalue weighted by atomic mass is 10.1. The summed E-state index contributed by atoms with van der Waals surface area (Å²) >= 11 is 0. The number of carbonyl (C=O) groups excluding carboxylic acids is 1. The van der Waals surface area contributed by atoms with Crippen LogP contribution in [0.25, 0.3) is 11.4 Å². The van der Waals surface area contributed by atoms with Crippen molar-refractivity contribution in [3.63, 3.8) is 0 Å². The molecule has 1 N–H and O–H groups in total. The molecule has 3 rings (SSSR count). The third-order valence-corrected chi connectivity index (χ3v) is 3.45. The van der Waals surface area contributed by atoms with Gasteiger partial charge in [-0.2, -0.15) is 4.98 Å². The van der Waals surface area contributed by atoms with Crippen LogP contribution in [-0.4, -0.2) is 16.0 Å². The second-order valence-electron chi connectivity index (χ2n) is 5.30. The highest BCUT2D eigenvalue weighted by atomic mass is 19.1. The van der Waals surface area contributed by atoms with Crippen LogP contribution >= 0.6 is 0 Å². The smallest absolute Gasteiger partial charge is 0.228 e. The summed E-state index contributed by atoms with van der Waals surface area (Å²) in [6.07, 6.45) is 0.841. The molecule has 2 aromatic carbocycles. The Morgan fingerprint density at radius 1 is 1.21 bits per heavy atom. The molecule has 6 heteroatoms. The first-order chi connectivity index (χ1) is 11.6. The maximum Gasteiger partial charge on any atom is 0.228 e. The maximum atomic E-state index is 12.9. The van der Waals surface area contributed by atoms with Crippen LogP contribution < -0.4 is 5.32 Å². The van der Waals surface area contributed by atoms with Gasteiger partial charge in [0.05, 0.1) is 6.42 Å². The second-order valence-corrected chi connectivity index (χ2v) is 5.30. The van der Waals surface area contributed by atoms with Gasteiger partial charge in [-0.05, 0) is 29.8 Å². The van der Waals surface area contributed by atoms with Gasteiger partial charge >= 0.3 is 0 Å². The van der Waals surface area contributed by atoms with Crippen molar-refractivity contribution in [1.29, 1.82) is 0 Å². The summed E-state index contributed by atoms with van der Waals surface area (Å²) in [5, 5.41) is 6.74. The van der Waals surface area contributed by atoms with Gasteiger partial charge < -0.3 is 9.84 Å². The van der Waals surface area contributed by atoms with Gasteiger partial charge in [0.1, 0.15) is 5.82 Å². The number of amides is 1. The van der Waals surface area contributed by atoms with Crippen molar-refractivity contribution in [3.8, 4) is 11.4 Å². The van der Waals surface area contributed by atoms with E-state index in [1.165, 1.54) is 12.1 Å². The van der Waals surface area contributed by atoms with E-state index in [0.29, 0.717) is 23.8 Å². The van der Waals surface area contributed by atoms with E-state index in [-0.39, 0.29) is 18.1 Å². The molecule has 0 aliphatic rings. The lowest BCUT2D eigenvalue weighted by molar-refractivity contribution is -0.115. The molecule has 0 spiro atoms. The maximum absolute atomic E-state index is 12.9. The highest BCUT2D eigenvalue weighted by Gasteiger charge is 2.09. The Labute approximate surface area is 138 Å². The minimum atomic E-state index is -0.321. The van der Waals surface area contributed by atoms with Crippen molar-refractivity contribution in [2.45, 2.75) is 19.8 Å². The summed E-state index contributed by atoms with van der Waals surface area (Å²) in [6.45, 7) is 1.93. The fourth-order valence-corrected chi connectivity index (χ4v) is 2.24. The molecule has 0 fully saturated rings. The molecule has 0 saturated heterocycles. The summed E-state index contributed by atoms with van der Waals surface area (Å²) in [5.74, 6) is 0.553. The van der Waals surface area contributed by atoms with Gasteiger partial charge in [-0.3, -0.25) is 4.79 Å². The SMILES string of the molecule is CCc1nc(-c2cccc(NC(=O)Cc3ccc(F)cc3)c2)no1. The van der Waals surface area contributed by atoms with Gasteiger partial charge in [0.15, 0.2) is 0 Å². The largest absolute Gasteiger partial charge is 0.339 e. The minimum Gasteiger partial charge on any atom is -0.339 e. The van der Waals surface area contributed by atoms with Gasteiger partial charge in [0, 0.05) is 17.7 Å². The zero-order valence-electron chi connectivity index (χ0n) is 13.1. The van der Waals surface area contributed by atoms with E-state index < -0.39 is 0 Å². The molecule has 5 nitrogen and oxygen atoms in total. The topological polar surface area (TPSA) is 68.0 Å². The Bertz CT molecular complexity index is 843. The van der Waals surface area contributed by atoms with E-state index in [4.69, 9.17) is 4.52 Å². The first-order valence-electron chi connectivity index (χ1n) is 7.61. The molecule has 24 heavy (non-hydrogen) atoms. The van der Waals surface area contributed by atoms with Crippen LogP contribution in [0.4, 0.5) is 10.1 Å². The first kappa shape index (κ1) is 15.9. The van der Waals surface area contributed by atoms with Crippen LogP contribution in [0.5, 0.6) is 0 Å². The number of halogens is 1. The Kier molecular flexibility index (Phi) is 4.65. The standard InChI is InChI=1S/C18H16FN3O2/c1-2-17-21-18(22-24-17)13-4-3-5-15(11-13)20-16(23)10-12-6-8-14(19)9-7-12/h3-9,11H,2,10H2,1H3,(H,20,23). The normalized spacial score (nSPS) is 10.6. The van der Waals surface area contributed by atoms with Crippen molar-refractivity contribution in [2.24, 2.45) is 0 Å². The van der Waals surface area contributed by atoms with Gasteiger partial charge in [0.2, 0.25) is 17.6 Å². The van der Waals surface area contributed by atoms with Crippen LogP contribution in [0.1, 0.15) is 18.4 Å². The molecule has 1 amide bonds. The van der Waals surface area contributed by atoms with Gasteiger partial charge in [-0.1, -0.05) is 36.3 Å². The summed E-state index contributed by atoms with van der Waals surface area (Å²) in [4.78, 5) is 16.4. The summed E-state index contributed by atoms with van der Waals surface area (Å²) in [6, 6.07) is 13.1.